The standard InChI is InChI=1S/C12H12BrFN2O4S/c1-2-3-16(7-12(17)18)21(19,20)11-5-9(13)8(6-15)4-10(11)14/h4-5H,2-3,7H2,1H3,(H,17,18). The molecule has 0 aliphatic rings. The van der Waals surface area contributed by atoms with Crippen molar-refractivity contribution in [3.8, 4) is 6.07 Å². The molecule has 0 radical (unpaired) electrons. The van der Waals surface area contributed by atoms with Crippen molar-refractivity contribution in [2.24, 2.45) is 0 Å². The number of carbonyl (C=O) groups is 1. The van der Waals surface area contributed by atoms with E-state index in [0.717, 1.165) is 12.1 Å². The van der Waals surface area contributed by atoms with Gasteiger partial charge in [-0.3, -0.25) is 4.79 Å². The van der Waals surface area contributed by atoms with E-state index in [1.165, 1.54) is 0 Å². The fraction of sp³-hybridized carbons (Fsp3) is 0.333. The molecule has 0 aliphatic carbocycles. The molecule has 9 heteroatoms. The Hall–Kier alpha value is -1.50. The molecule has 0 aromatic heterocycles. The van der Waals surface area contributed by atoms with Crippen molar-refractivity contribution in [1.82, 2.24) is 4.31 Å². The van der Waals surface area contributed by atoms with Crippen LogP contribution in [0.3, 0.4) is 0 Å². The molecule has 6 nitrogen and oxygen atoms in total. The topological polar surface area (TPSA) is 98.5 Å². The van der Waals surface area contributed by atoms with Crippen LogP contribution < -0.4 is 0 Å². The number of hydrogen-bond donors (Lipinski definition) is 1. The molecular weight excluding hydrogens is 367 g/mol. The monoisotopic (exact) mass is 378 g/mol. The SMILES string of the molecule is CCCN(CC(=O)O)S(=O)(=O)c1cc(Br)c(C#N)cc1F. The average Bonchev–Trinajstić information content (AvgIpc) is 2.39. The lowest BCUT2D eigenvalue weighted by Gasteiger charge is -2.20. The van der Waals surface area contributed by atoms with Crippen LogP contribution in [0.25, 0.3) is 0 Å². The van der Waals surface area contributed by atoms with Crippen molar-refractivity contribution >= 4 is 31.9 Å². The van der Waals surface area contributed by atoms with Gasteiger partial charge in [0.1, 0.15) is 23.3 Å². The first-order valence-electron chi connectivity index (χ1n) is 5.85. The van der Waals surface area contributed by atoms with E-state index in [9.17, 15) is 17.6 Å². The van der Waals surface area contributed by atoms with Gasteiger partial charge in [-0.25, -0.2) is 12.8 Å². The summed E-state index contributed by atoms with van der Waals surface area (Å²) in [6, 6.07) is 3.47. The number of aliphatic carboxylic acids is 1. The number of benzene rings is 1. The van der Waals surface area contributed by atoms with E-state index >= 15 is 0 Å². The Bertz CT molecular complexity index is 700. The Morgan fingerprint density at radius 2 is 2.14 bits per heavy atom. The number of rotatable bonds is 6. The van der Waals surface area contributed by atoms with E-state index in [4.69, 9.17) is 10.4 Å². The first kappa shape index (κ1) is 17.6. The summed E-state index contributed by atoms with van der Waals surface area (Å²) >= 11 is 2.98. The van der Waals surface area contributed by atoms with Gasteiger partial charge in [0.2, 0.25) is 10.0 Å². The minimum absolute atomic E-state index is 0.0493. The van der Waals surface area contributed by atoms with Crippen LogP contribution in [-0.2, 0) is 14.8 Å². The van der Waals surface area contributed by atoms with Crippen LogP contribution in [-0.4, -0.2) is 36.9 Å². The highest BCUT2D eigenvalue weighted by molar-refractivity contribution is 9.10. The number of hydrogen-bond acceptors (Lipinski definition) is 4. The summed E-state index contributed by atoms with van der Waals surface area (Å²) in [5.74, 6) is -2.43. The molecule has 114 valence electrons. The maximum Gasteiger partial charge on any atom is 0.318 e. The predicted molar refractivity (Wildman–Crippen MR) is 75.5 cm³/mol. The van der Waals surface area contributed by atoms with Crippen molar-refractivity contribution in [3.05, 3.63) is 28.0 Å². The van der Waals surface area contributed by atoms with Crippen LogP contribution in [0.5, 0.6) is 0 Å². The molecule has 0 unspecified atom stereocenters. The molecule has 0 heterocycles. The van der Waals surface area contributed by atoms with Gasteiger partial charge in [0, 0.05) is 11.0 Å². The molecule has 0 bridgehead atoms. The van der Waals surface area contributed by atoms with Crippen LogP contribution in [0.2, 0.25) is 0 Å². The predicted octanol–water partition coefficient (Wildman–Crippen LogP) is 1.95. The Morgan fingerprint density at radius 3 is 2.62 bits per heavy atom. The summed E-state index contributed by atoms with van der Waals surface area (Å²) in [5, 5.41) is 17.5. The van der Waals surface area contributed by atoms with Crippen LogP contribution >= 0.6 is 15.9 Å². The number of carboxylic acid groups (broad SMARTS) is 1. The van der Waals surface area contributed by atoms with Crippen LogP contribution in [0.1, 0.15) is 18.9 Å². The van der Waals surface area contributed by atoms with Crippen LogP contribution in [0.15, 0.2) is 21.5 Å². The average molecular weight is 379 g/mol. The van der Waals surface area contributed by atoms with E-state index < -0.39 is 33.3 Å². The summed E-state index contributed by atoms with van der Waals surface area (Å²) in [6.07, 6.45) is 0.381. The highest BCUT2D eigenvalue weighted by Crippen LogP contribution is 2.26. The van der Waals surface area contributed by atoms with Gasteiger partial charge in [0.25, 0.3) is 0 Å². The molecule has 0 spiro atoms. The molecule has 1 aromatic carbocycles. The van der Waals surface area contributed by atoms with E-state index in [0.29, 0.717) is 10.7 Å². The molecule has 0 saturated carbocycles. The first-order chi connectivity index (χ1) is 9.73. The van der Waals surface area contributed by atoms with Gasteiger partial charge in [0.15, 0.2) is 0 Å². The summed E-state index contributed by atoms with van der Waals surface area (Å²) in [4.78, 5) is 10.1. The normalized spacial score (nSPS) is 11.4. The molecule has 0 fully saturated rings. The second-order valence-corrected chi connectivity index (χ2v) is 6.87. The van der Waals surface area contributed by atoms with Gasteiger partial charge in [0.05, 0.1) is 5.56 Å². The van der Waals surface area contributed by atoms with E-state index in [1.54, 1.807) is 13.0 Å². The summed E-state index contributed by atoms with van der Waals surface area (Å²) in [7, 11) is -4.30. The maximum atomic E-state index is 13.9. The minimum atomic E-state index is -4.30. The highest BCUT2D eigenvalue weighted by Gasteiger charge is 2.29. The van der Waals surface area contributed by atoms with Crippen molar-refractivity contribution in [3.63, 3.8) is 0 Å². The summed E-state index contributed by atoms with van der Waals surface area (Å²) in [6.45, 7) is 0.869. The molecule has 1 rings (SSSR count). The Labute approximate surface area is 130 Å². The fourth-order valence-corrected chi connectivity index (χ4v) is 3.77. The third-order valence-electron chi connectivity index (χ3n) is 2.54. The molecule has 0 amide bonds. The number of halogens is 2. The minimum Gasteiger partial charge on any atom is -0.480 e. The lowest BCUT2D eigenvalue weighted by molar-refractivity contribution is -0.137. The Morgan fingerprint density at radius 1 is 1.52 bits per heavy atom. The van der Waals surface area contributed by atoms with Crippen molar-refractivity contribution < 1.29 is 22.7 Å². The van der Waals surface area contributed by atoms with E-state index in [-0.39, 0.29) is 16.6 Å². The zero-order valence-corrected chi connectivity index (χ0v) is 13.4. The van der Waals surface area contributed by atoms with E-state index in [1.807, 2.05) is 0 Å². The smallest absolute Gasteiger partial charge is 0.318 e. The molecule has 21 heavy (non-hydrogen) atoms. The van der Waals surface area contributed by atoms with Gasteiger partial charge < -0.3 is 5.11 Å². The number of nitriles is 1. The highest BCUT2D eigenvalue weighted by atomic mass is 79.9. The van der Waals surface area contributed by atoms with Crippen LogP contribution in [0.4, 0.5) is 4.39 Å². The molecular formula is C12H12BrFN2O4S. The molecule has 1 N–H and O–H groups in total. The Balaban J connectivity index is 3.38. The zero-order valence-electron chi connectivity index (χ0n) is 11.0. The molecule has 0 saturated heterocycles. The van der Waals surface area contributed by atoms with Gasteiger partial charge in [-0.05, 0) is 34.5 Å². The maximum absolute atomic E-state index is 13.9. The van der Waals surface area contributed by atoms with E-state index in [2.05, 4.69) is 15.9 Å². The first-order valence-corrected chi connectivity index (χ1v) is 8.08. The summed E-state index contributed by atoms with van der Waals surface area (Å²) < 4.78 is 39.4. The van der Waals surface area contributed by atoms with Gasteiger partial charge in [-0.2, -0.15) is 9.57 Å². The third-order valence-corrected chi connectivity index (χ3v) is 5.06. The number of carboxylic acids is 1. The number of nitrogens with zero attached hydrogens (tertiary/aromatic N) is 2. The summed E-state index contributed by atoms with van der Waals surface area (Å²) in [5.41, 5.74) is -0.0493. The van der Waals surface area contributed by atoms with Gasteiger partial charge in [-0.15, -0.1) is 0 Å². The second-order valence-electron chi connectivity index (χ2n) is 4.11. The quantitative estimate of drug-likeness (QED) is 0.815. The van der Waals surface area contributed by atoms with Crippen molar-refractivity contribution in [2.75, 3.05) is 13.1 Å². The van der Waals surface area contributed by atoms with Crippen molar-refractivity contribution in [2.45, 2.75) is 18.2 Å². The van der Waals surface area contributed by atoms with Crippen LogP contribution in [0, 0.1) is 17.1 Å². The lowest BCUT2D eigenvalue weighted by Crippen LogP contribution is -2.36. The second kappa shape index (κ2) is 6.98. The van der Waals surface area contributed by atoms with Gasteiger partial charge >= 0.3 is 5.97 Å². The van der Waals surface area contributed by atoms with Crippen molar-refractivity contribution in [1.29, 1.82) is 5.26 Å². The zero-order chi connectivity index (χ0) is 16.2. The molecule has 0 atom stereocenters. The Kier molecular flexibility index (Phi) is 5.83. The van der Waals surface area contributed by atoms with Gasteiger partial charge in [-0.1, -0.05) is 6.92 Å². The number of sulfonamides is 1. The third kappa shape index (κ3) is 4.00. The fourth-order valence-electron chi connectivity index (χ4n) is 1.64. The largest absolute Gasteiger partial charge is 0.480 e. The lowest BCUT2D eigenvalue weighted by atomic mass is 10.2. The molecule has 1 aromatic rings. The molecule has 0 aliphatic heterocycles.